The van der Waals surface area contributed by atoms with E-state index in [9.17, 15) is 14.7 Å². The van der Waals surface area contributed by atoms with E-state index < -0.39 is 5.97 Å². The fraction of sp³-hybridized carbons (Fsp3) is 0.471. The Kier molecular flexibility index (Phi) is 7.34. The molecule has 4 heterocycles. The lowest BCUT2D eigenvalue weighted by molar-refractivity contribution is -0.133. The van der Waals surface area contributed by atoms with E-state index in [-0.39, 0.29) is 18.0 Å². The summed E-state index contributed by atoms with van der Waals surface area (Å²) in [4.78, 5) is 31.9. The third-order valence-corrected chi connectivity index (χ3v) is 10.9. The second kappa shape index (κ2) is 11.3. The van der Waals surface area contributed by atoms with Crippen molar-refractivity contribution in [1.29, 1.82) is 0 Å². The van der Waals surface area contributed by atoms with Gasteiger partial charge in [-0.3, -0.25) is 4.79 Å². The van der Waals surface area contributed by atoms with Crippen LogP contribution in [0.4, 0.5) is 0 Å². The Morgan fingerprint density at radius 1 is 0.854 bits per heavy atom. The molecule has 2 aromatic heterocycles. The van der Waals surface area contributed by atoms with Crippen LogP contribution in [0.25, 0.3) is 31.6 Å². The average Bonchev–Trinajstić information content (AvgIpc) is 3.75. The summed E-state index contributed by atoms with van der Waals surface area (Å²) in [6.07, 6.45) is 10.6. The van der Waals surface area contributed by atoms with Crippen molar-refractivity contribution in [2.45, 2.75) is 76.3 Å². The van der Waals surface area contributed by atoms with Gasteiger partial charge in [-0.15, -0.1) is 11.3 Å². The minimum atomic E-state index is -0.933. The SMILES string of the molecule is O=C(O)c1ccc2c(C3CCCCC3)c(-c3cc4ccccc4s3)n(CC(=O)N3CCC(N4CCCC4)CC3)c2c1. The van der Waals surface area contributed by atoms with Gasteiger partial charge in [0.2, 0.25) is 5.91 Å². The van der Waals surface area contributed by atoms with E-state index in [2.05, 4.69) is 44.7 Å². The van der Waals surface area contributed by atoms with Crippen molar-refractivity contribution in [3.63, 3.8) is 0 Å². The summed E-state index contributed by atoms with van der Waals surface area (Å²) in [5.74, 6) is -0.382. The Hall–Kier alpha value is -3.16. The largest absolute Gasteiger partial charge is 0.478 e. The lowest BCUT2D eigenvalue weighted by Crippen LogP contribution is -2.46. The molecule has 2 aliphatic heterocycles. The Balaban J connectivity index is 1.31. The zero-order valence-electron chi connectivity index (χ0n) is 23.7. The highest BCUT2D eigenvalue weighted by atomic mass is 32.1. The lowest BCUT2D eigenvalue weighted by atomic mass is 9.82. The predicted octanol–water partition coefficient (Wildman–Crippen LogP) is 7.36. The number of aromatic nitrogens is 1. The number of carbonyl (C=O) groups excluding carboxylic acids is 1. The summed E-state index contributed by atoms with van der Waals surface area (Å²) in [7, 11) is 0. The van der Waals surface area contributed by atoms with E-state index in [0.29, 0.717) is 12.0 Å². The second-order valence-electron chi connectivity index (χ2n) is 12.2. The Morgan fingerprint density at radius 3 is 2.34 bits per heavy atom. The number of amides is 1. The second-order valence-corrected chi connectivity index (χ2v) is 13.3. The molecule has 4 aromatic rings. The molecule has 1 amide bonds. The fourth-order valence-corrected chi connectivity index (χ4v) is 8.80. The first-order chi connectivity index (χ1) is 20.1. The Morgan fingerprint density at radius 2 is 1.61 bits per heavy atom. The first kappa shape index (κ1) is 26.7. The van der Waals surface area contributed by atoms with Crippen LogP contribution >= 0.6 is 11.3 Å². The van der Waals surface area contributed by atoms with Gasteiger partial charge < -0.3 is 19.5 Å². The van der Waals surface area contributed by atoms with Crippen LogP contribution in [0.2, 0.25) is 0 Å². The van der Waals surface area contributed by atoms with E-state index in [1.54, 1.807) is 23.5 Å². The molecule has 1 N–H and O–H groups in total. The normalized spacial score (nSPS) is 19.5. The first-order valence-corrected chi connectivity index (χ1v) is 16.3. The highest BCUT2D eigenvalue weighted by molar-refractivity contribution is 7.22. The van der Waals surface area contributed by atoms with Gasteiger partial charge in [-0.05, 0) is 92.7 Å². The van der Waals surface area contributed by atoms with Crippen LogP contribution in [0, 0.1) is 0 Å². The molecule has 0 atom stereocenters. The molecular formula is C34H39N3O3S. The van der Waals surface area contributed by atoms with Crippen LogP contribution in [0.15, 0.2) is 48.5 Å². The summed E-state index contributed by atoms with van der Waals surface area (Å²) in [6, 6.07) is 16.9. The van der Waals surface area contributed by atoms with Crippen molar-refractivity contribution in [2.75, 3.05) is 26.2 Å². The van der Waals surface area contributed by atoms with Crippen LogP contribution < -0.4 is 0 Å². The molecule has 2 aromatic carbocycles. The highest BCUT2D eigenvalue weighted by Crippen LogP contribution is 2.47. The third kappa shape index (κ3) is 5.08. The van der Waals surface area contributed by atoms with Gasteiger partial charge in [-0.2, -0.15) is 0 Å². The molecule has 7 rings (SSSR count). The minimum Gasteiger partial charge on any atom is -0.478 e. The van der Waals surface area contributed by atoms with Crippen molar-refractivity contribution < 1.29 is 14.7 Å². The summed E-state index contributed by atoms with van der Waals surface area (Å²) in [5, 5.41) is 12.2. The predicted molar refractivity (Wildman–Crippen MR) is 166 cm³/mol. The molecule has 0 radical (unpaired) electrons. The molecule has 0 unspecified atom stereocenters. The number of carboxylic acids is 1. The van der Waals surface area contributed by atoms with Gasteiger partial charge >= 0.3 is 5.97 Å². The van der Waals surface area contributed by atoms with Crippen LogP contribution in [-0.2, 0) is 11.3 Å². The maximum atomic E-state index is 14.0. The molecular weight excluding hydrogens is 530 g/mol. The summed E-state index contributed by atoms with van der Waals surface area (Å²) < 4.78 is 3.40. The number of carboxylic acid groups (broad SMARTS) is 1. The smallest absolute Gasteiger partial charge is 0.335 e. The molecule has 0 spiro atoms. The lowest BCUT2D eigenvalue weighted by Gasteiger charge is -2.36. The summed E-state index contributed by atoms with van der Waals surface area (Å²) in [6.45, 7) is 4.23. The Bertz CT molecular complexity index is 1550. The number of piperidine rings is 1. The van der Waals surface area contributed by atoms with Gasteiger partial charge in [-0.1, -0.05) is 43.5 Å². The number of aromatic carboxylic acids is 1. The number of nitrogens with zero attached hydrogens (tertiary/aromatic N) is 3. The highest BCUT2D eigenvalue weighted by Gasteiger charge is 2.31. The van der Waals surface area contributed by atoms with Crippen molar-refractivity contribution in [1.82, 2.24) is 14.4 Å². The van der Waals surface area contributed by atoms with E-state index in [1.807, 2.05) is 6.07 Å². The Labute approximate surface area is 245 Å². The monoisotopic (exact) mass is 569 g/mol. The molecule has 2 saturated heterocycles. The zero-order valence-corrected chi connectivity index (χ0v) is 24.5. The minimum absolute atomic E-state index is 0.139. The number of likely N-dealkylation sites (tertiary alicyclic amines) is 2. The number of hydrogen-bond acceptors (Lipinski definition) is 4. The molecule has 3 aliphatic rings. The van der Waals surface area contributed by atoms with Crippen molar-refractivity contribution in [3.8, 4) is 10.6 Å². The fourth-order valence-electron chi connectivity index (χ4n) is 7.66. The number of hydrogen-bond donors (Lipinski definition) is 1. The molecule has 214 valence electrons. The molecule has 3 fully saturated rings. The van der Waals surface area contributed by atoms with Crippen molar-refractivity contribution in [3.05, 3.63) is 59.7 Å². The van der Waals surface area contributed by atoms with Gasteiger partial charge in [0, 0.05) is 29.2 Å². The van der Waals surface area contributed by atoms with Crippen LogP contribution in [0.3, 0.4) is 0 Å². The summed E-state index contributed by atoms with van der Waals surface area (Å²) in [5.41, 5.74) is 3.58. The zero-order chi connectivity index (χ0) is 27.9. The average molecular weight is 570 g/mol. The molecule has 1 saturated carbocycles. The third-order valence-electron chi connectivity index (χ3n) is 9.79. The maximum absolute atomic E-state index is 14.0. The quantitative estimate of drug-likeness (QED) is 0.264. The molecule has 7 heteroatoms. The van der Waals surface area contributed by atoms with E-state index in [4.69, 9.17) is 0 Å². The van der Waals surface area contributed by atoms with Gasteiger partial charge in [0.05, 0.1) is 21.7 Å². The molecule has 1 aliphatic carbocycles. The van der Waals surface area contributed by atoms with Crippen LogP contribution in [0.5, 0.6) is 0 Å². The first-order valence-electron chi connectivity index (χ1n) is 15.5. The molecule has 41 heavy (non-hydrogen) atoms. The molecule has 6 nitrogen and oxygen atoms in total. The maximum Gasteiger partial charge on any atom is 0.335 e. The van der Waals surface area contributed by atoms with Gasteiger partial charge in [0.1, 0.15) is 6.54 Å². The molecule has 0 bridgehead atoms. The number of benzene rings is 2. The summed E-state index contributed by atoms with van der Waals surface area (Å²) >= 11 is 1.78. The van der Waals surface area contributed by atoms with Crippen LogP contribution in [-0.4, -0.2) is 63.6 Å². The number of rotatable bonds is 6. The van der Waals surface area contributed by atoms with Crippen molar-refractivity contribution in [2.24, 2.45) is 0 Å². The number of thiophene rings is 1. The van der Waals surface area contributed by atoms with E-state index >= 15 is 0 Å². The van der Waals surface area contributed by atoms with Gasteiger partial charge in [0.15, 0.2) is 0 Å². The number of fused-ring (bicyclic) bond motifs is 2. The van der Waals surface area contributed by atoms with E-state index in [1.165, 1.54) is 65.7 Å². The van der Waals surface area contributed by atoms with E-state index in [0.717, 1.165) is 55.4 Å². The van der Waals surface area contributed by atoms with Gasteiger partial charge in [0.25, 0.3) is 0 Å². The topological polar surface area (TPSA) is 65.8 Å². The standard InChI is InChI=1S/C34H39N3O3S/c38-31(36-18-14-26(15-19-36)35-16-6-7-17-35)22-37-28-20-25(34(39)40)12-13-27(28)32(23-8-2-1-3-9-23)33(37)30-21-24-10-4-5-11-29(24)41-30/h4-5,10-13,20-21,23,26H,1-3,6-9,14-19,22H2,(H,39,40). The van der Waals surface area contributed by atoms with Gasteiger partial charge in [-0.25, -0.2) is 4.79 Å². The van der Waals surface area contributed by atoms with Crippen molar-refractivity contribution >= 4 is 44.2 Å². The van der Waals surface area contributed by atoms with Crippen LogP contribution in [0.1, 0.15) is 79.6 Å². The number of carbonyl (C=O) groups is 2.